The second-order valence-corrected chi connectivity index (χ2v) is 9.01. The molecule has 1 aromatic heterocycles. The smallest absolute Gasteiger partial charge is 0.0619 e. The first-order valence-electron chi connectivity index (χ1n) is 10.8. The van der Waals surface area contributed by atoms with Crippen molar-refractivity contribution in [1.29, 1.82) is 0 Å². The summed E-state index contributed by atoms with van der Waals surface area (Å²) < 4.78 is 2.36. The first-order valence-corrected chi connectivity index (χ1v) is 11.6. The summed E-state index contributed by atoms with van der Waals surface area (Å²) in [6, 6.07) is 39.9. The molecule has 0 spiro atoms. The number of hydrogen-bond acceptors (Lipinski definition) is 0. The molecular formula is C30H19Cl2N. The van der Waals surface area contributed by atoms with Crippen LogP contribution in [-0.2, 0) is 0 Å². The Bertz CT molecular complexity index is 1600. The van der Waals surface area contributed by atoms with Crippen LogP contribution in [0.15, 0.2) is 115 Å². The first kappa shape index (κ1) is 20.1. The van der Waals surface area contributed by atoms with Crippen LogP contribution in [0.5, 0.6) is 0 Å². The summed E-state index contributed by atoms with van der Waals surface area (Å²) in [6.45, 7) is 0. The van der Waals surface area contributed by atoms with Crippen LogP contribution < -0.4 is 0 Å². The summed E-state index contributed by atoms with van der Waals surface area (Å²) in [7, 11) is 0. The van der Waals surface area contributed by atoms with Crippen LogP contribution in [0.2, 0.25) is 10.0 Å². The van der Waals surface area contributed by atoms with E-state index < -0.39 is 0 Å². The molecule has 0 bridgehead atoms. The fourth-order valence-corrected chi connectivity index (χ4v) is 5.19. The fourth-order valence-electron chi connectivity index (χ4n) is 4.67. The lowest BCUT2D eigenvalue weighted by Crippen LogP contribution is -1.95. The number of rotatable bonds is 3. The summed E-state index contributed by atoms with van der Waals surface area (Å²) in [6.07, 6.45) is 0. The number of halogens is 2. The Labute approximate surface area is 202 Å². The lowest BCUT2D eigenvalue weighted by Gasteiger charge is -2.14. The van der Waals surface area contributed by atoms with Crippen LogP contribution >= 0.6 is 23.2 Å². The van der Waals surface area contributed by atoms with E-state index >= 15 is 0 Å². The van der Waals surface area contributed by atoms with Gasteiger partial charge in [-0.1, -0.05) is 89.9 Å². The summed E-state index contributed by atoms with van der Waals surface area (Å²) in [4.78, 5) is 0. The van der Waals surface area contributed by atoms with Gasteiger partial charge in [-0.05, 0) is 65.2 Å². The maximum absolute atomic E-state index is 6.37. The fraction of sp³-hybridized carbons (Fsp3) is 0. The van der Waals surface area contributed by atoms with Gasteiger partial charge in [0.25, 0.3) is 0 Å². The van der Waals surface area contributed by atoms with Gasteiger partial charge in [0.2, 0.25) is 0 Å². The zero-order valence-electron chi connectivity index (χ0n) is 17.7. The number of nitrogens with zero attached hydrogens (tertiary/aromatic N) is 1. The largest absolute Gasteiger partial charge is 0.309 e. The predicted molar refractivity (Wildman–Crippen MR) is 142 cm³/mol. The number of hydrogen-bond donors (Lipinski definition) is 0. The van der Waals surface area contributed by atoms with E-state index in [4.69, 9.17) is 23.2 Å². The summed E-state index contributed by atoms with van der Waals surface area (Å²) in [5.41, 5.74) is 7.92. The van der Waals surface area contributed by atoms with Crippen molar-refractivity contribution in [1.82, 2.24) is 4.57 Å². The minimum absolute atomic E-state index is 0.630. The molecule has 1 heterocycles. The van der Waals surface area contributed by atoms with E-state index in [-0.39, 0.29) is 0 Å². The standard InChI is InChI=1S/C30H19Cl2N/c31-23-15-21(16-24(32)19-23)22-17-27(20-9-3-1-4-10-20)30-28(18-22)26-13-7-8-14-29(26)33(30)25-11-5-2-6-12-25/h1-19H. The minimum Gasteiger partial charge on any atom is -0.309 e. The maximum atomic E-state index is 6.37. The van der Waals surface area contributed by atoms with Crippen LogP contribution in [0.25, 0.3) is 49.7 Å². The second kappa shape index (κ2) is 8.12. The van der Waals surface area contributed by atoms with E-state index in [1.54, 1.807) is 6.07 Å². The van der Waals surface area contributed by atoms with Gasteiger partial charge in [0, 0.05) is 32.1 Å². The minimum atomic E-state index is 0.630. The molecule has 1 nitrogen and oxygen atoms in total. The molecule has 0 aliphatic heterocycles. The predicted octanol–water partition coefficient (Wildman–Crippen LogP) is 9.42. The Morgan fingerprint density at radius 2 is 1.09 bits per heavy atom. The normalized spacial score (nSPS) is 11.3. The third kappa shape index (κ3) is 3.51. The van der Waals surface area contributed by atoms with Crippen molar-refractivity contribution < 1.29 is 0 Å². The molecular weight excluding hydrogens is 445 g/mol. The second-order valence-electron chi connectivity index (χ2n) is 8.13. The van der Waals surface area contributed by atoms with Gasteiger partial charge in [0.15, 0.2) is 0 Å². The Hall–Kier alpha value is -3.52. The Morgan fingerprint density at radius 3 is 1.82 bits per heavy atom. The quantitative estimate of drug-likeness (QED) is 0.246. The number of para-hydroxylation sites is 2. The third-order valence-electron chi connectivity index (χ3n) is 6.06. The van der Waals surface area contributed by atoms with Crippen LogP contribution in [0.1, 0.15) is 0 Å². The number of benzene rings is 5. The zero-order chi connectivity index (χ0) is 22.4. The highest BCUT2D eigenvalue weighted by atomic mass is 35.5. The molecule has 0 atom stereocenters. The van der Waals surface area contributed by atoms with Gasteiger partial charge in [-0.15, -0.1) is 0 Å². The average Bonchev–Trinajstić information content (AvgIpc) is 3.18. The molecule has 3 heteroatoms. The van der Waals surface area contributed by atoms with Gasteiger partial charge in [0.05, 0.1) is 11.0 Å². The van der Waals surface area contributed by atoms with Crippen molar-refractivity contribution in [3.63, 3.8) is 0 Å². The van der Waals surface area contributed by atoms with Crippen LogP contribution in [0.4, 0.5) is 0 Å². The van der Waals surface area contributed by atoms with Gasteiger partial charge in [-0.2, -0.15) is 0 Å². The van der Waals surface area contributed by atoms with Gasteiger partial charge in [-0.3, -0.25) is 0 Å². The SMILES string of the molecule is Clc1cc(Cl)cc(-c2cc(-c3ccccc3)c3c(c2)c2ccccc2n3-c2ccccc2)c1. The van der Waals surface area contributed by atoms with E-state index in [9.17, 15) is 0 Å². The monoisotopic (exact) mass is 463 g/mol. The molecule has 5 aromatic carbocycles. The first-order chi connectivity index (χ1) is 16.2. The highest BCUT2D eigenvalue weighted by Crippen LogP contribution is 2.41. The Balaban J connectivity index is 1.79. The lowest BCUT2D eigenvalue weighted by molar-refractivity contribution is 1.18. The lowest BCUT2D eigenvalue weighted by atomic mass is 9.95. The van der Waals surface area contributed by atoms with Crippen molar-refractivity contribution >= 4 is 45.0 Å². The van der Waals surface area contributed by atoms with Gasteiger partial charge in [0.1, 0.15) is 0 Å². The van der Waals surface area contributed by atoms with Gasteiger partial charge < -0.3 is 4.57 Å². The zero-order valence-corrected chi connectivity index (χ0v) is 19.2. The van der Waals surface area contributed by atoms with Crippen molar-refractivity contribution in [2.75, 3.05) is 0 Å². The highest BCUT2D eigenvalue weighted by Gasteiger charge is 2.18. The number of fused-ring (bicyclic) bond motifs is 3. The van der Waals surface area contributed by atoms with Crippen molar-refractivity contribution in [2.45, 2.75) is 0 Å². The van der Waals surface area contributed by atoms with Crippen LogP contribution in [0.3, 0.4) is 0 Å². The molecule has 6 aromatic rings. The summed E-state index contributed by atoms with van der Waals surface area (Å²) >= 11 is 12.7. The Morgan fingerprint density at radius 1 is 0.485 bits per heavy atom. The van der Waals surface area contributed by atoms with E-state index in [1.165, 1.54) is 27.4 Å². The van der Waals surface area contributed by atoms with Crippen molar-refractivity contribution in [3.8, 4) is 27.9 Å². The van der Waals surface area contributed by atoms with E-state index in [2.05, 4.69) is 95.6 Å². The average molecular weight is 464 g/mol. The van der Waals surface area contributed by atoms with E-state index in [0.29, 0.717) is 10.0 Å². The van der Waals surface area contributed by atoms with Gasteiger partial charge >= 0.3 is 0 Å². The molecule has 0 aliphatic rings. The Kier molecular flexibility index (Phi) is 4.95. The summed E-state index contributed by atoms with van der Waals surface area (Å²) in [5.74, 6) is 0. The third-order valence-corrected chi connectivity index (χ3v) is 6.50. The topological polar surface area (TPSA) is 4.93 Å². The molecule has 0 saturated carbocycles. The molecule has 0 fully saturated rings. The van der Waals surface area contributed by atoms with Crippen LogP contribution in [-0.4, -0.2) is 4.57 Å². The molecule has 0 N–H and O–H groups in total. The molecule has 33 heavy (non-hydrogen) atoms. The van der Waals surface area contributed by atoms with Crippen LogP contribution in [0, 0.1) is 0 Å². The van der Waals surface area contributed by atoms with E-state index in [0.717, 1.165) is 22.4 Å². The molecule has 0 aliphatic carbocycles. The molecule has 0 saturated heterocycles. The van der Waals surface area contributed by atoms with Crippen molar-refractivity contribution in [2.24, 2.45) is 0 Å². The van der Waals surface area contributed by atoms with Crippen molar-refractivity contribution in [3.05, 3.63) is 125 Å². The number of aromatic nitrogens is 1. The van der Waals surface area contributed by atoms with E-state index in [1.807, 2.05) is 18.2 Å². The highest BCUT2D eigenvalue weighted by molar-refractivity contribution is 6.35. The molecule has 0 radical (unpaired) electrons. The molecule has 0 amide bonds. The molecule has 158 valence electrons. The maximum Gasteiger partial charge on any atom is 0.0619 e. The molecule has 0 unspecified atom stereocenters. The van der Waals surface area contributed by atoms with Gasteiger partial charge in [-0.25, -0.2) is 0 Å². The molecule has 6 rings (SSSR count). The summed E-state index contributed by atoms with van der Waals surface area (Å²) in [5, 5.41) is 3.67.